The van der Waals surface area contributed by atoms with Crippen molar-refractivity contribution in [2.75, 3.05) is 4.90 Å². The lowest BCUT2D eigenvalue weighted by Gasteiger charge is -2.27. The summed E-state index contributed by atoms with van der Waals surface area (Å²) in [6.07, 6.45) is 4.29. The monoisotopic (exact) mass is 715 g/mol. The molecule has 1 heterocycles. The number of nitrogens with zero attached hydrogens (tertiary/aromatic N) is 1. The number of hydrogen-bond donors (Lipinski definition) is 0. The molecule has 0 atom stereocenters. The first-order valence-electron chi connectivity index (χ1n) is 19.1. The summed E-state index contributed by atoms with van der Waals surface area (Å²) in [7, 11) is 0. The minimum atomic E-state index is 0.832. The van der Waals surface area contributed by atoms with Crippen LogP contribution in [0.2, 0.25) is 0 Å². The van der Waals surface area contributed by atoms with Crippen molar-refractivity contribution in [1.29, 1.82) is 0 Å². The third kappa shape index (κ3) is 6.24. The van der Waals surface area contributed by atoms with Crippen molar-refractivity contribution in [2.24, 2.45) is 0 Å². The van der Waals surface area contributed by atoms with Crippen LogP contribution in [0.4, 0.5) is 17.1 Å². The Morgan fingerprint density at radius 3 is 1.64 bits per heavy atom. The summed E-state index contributed by atoms with van der Waals surface area (Å²) < 4.78 is 6.50. The standard InChI is InChI=1S/C54H37NO/c1-3-13-38(14-4-1)39-25-31-46(32-26-39)55(47-33-27-40(28-34-47)44-29-35-49-45(37-44)24-23-41-15-7-9-19-48(41)49)51-21-11-8-16-42(51)30-36-53-54(43-17-5-2-6-18-43)50-20-10-12-22-52(50)56-53/h1-37H/b36-30+. The van der Waals surface area contributed by atoms with Crippen molar-refractivity contribution in [3.8, 4) is 33.4 Å². The SMILES string of the molecule is C(=C\c1oc2ccccc2c1-c1ccccc1)/c1ccccc1N(c1ccc(-c2ccccc2)cc1)c1ccc(-c2ccc3c(ccc4ccccc43)c2)cc1. The van der Waals surface area contributed by atoms with Gasteiger partial charge in [-0.25, -0.2) is 0 Å². The van der Waals surface area contributed by atoms with Gasteiger partial charge in [-0.2, -0.15) is 0 Å². The molecule has 0 saturated carbocycles. The van der Waals surface area contributed by atoms with Crippen LogP contribution in [0.5, 0.6) is 0 Å². The Hall–Kier alpha value is -7.42. The molecular formula is C54H37NO. The molecular weight excluding hydrogens is 679 g/mol. The topological polar surface area (TPSA) is 16.4 Å². The first-order chi connectivity index (χ1) is 27.8. The third-order valence-corrected chi connectivity index (χ3v) is 10.7. The van der Waals surface area contributed by atoms with Gasteiger partial charge in [-0.3, -0.25) is 0 Å². The Bertz CT molecular complexity index is 2990. The van der Waals surface area contributed by atoms with Gasteiger partial charge in [-0.1, -0.05) is 170 Å². The van der Waals surface area contributed by atoms with Crippen LogP contribution in [0.1, 0.15) is 11.3 Å². The molecule has 10 rings (SSSR count). The van der Waals surface area contributed by atoms with Crippen LogP contribution >= 0.6 is 0 Å². The van der Waals surface area contributed by atoms with Crippen LogP contribution in [0.15, 0.2) is 217 Å². The van der Waals surface area contributed by atoms with Gasteiger partial charge in [0, 0.05) is 22.3 Å². The van der Waals surface area contributed by atoms with Crippen LogP contribution < -0.4 is 4.90 Å². The zero-order valence-corrected chi connectivity index (χ0v) is 30.7. The highest BCUT2D eigenvalue weighted by Gasteiger charge is 2.18. The summed E-state index contributed by atoms with van der Waals surface area (Å²) >= 11 is 0. The van der Waals surface area contributed by atoms with E-state index in [2.05, 4.69) is 217 Å². The number of anilines is 3. The fourth-order valence-corrected chi connectivity index (χ4v) is 7.94. The van der Waals surface area contributed by atoms with Crippen molar-refractivity contribution in [2.45, 2.75) is 0 Å². The molecule has 0 unspecified atom stereocenters. The summed E-state index contributed by atoms with van der Waals surface area (Å²) in [6.45, 7) is 0. The molecule has 56 heavy (non-hydrogen) atoms. The van der Waals surface area contributed by atoms with Gasteiger partial charge < -0.3 is 9.32 Å². The smallest absolute Gasteiger partial charge is 0.136 e. The minimum Gasteiger partial charge on any atom is -0.456 e. The van der Waals surface area contributed by atoms with Gasteiger partial charge in [-0.15, -0.1) is 0 Å². The Morgan fingerprint density at radius 1 is 0.357 bits per heavy atom. The molecule has 9 aromatic carbocycles. The van der Waals surface area contributed by atoms with Crippen LogP contribution in [-0.4, -0.2) is 0 Å². The molecule has 0 fully saturated rings. The molecule has 2 nitrogen and oxygen atoms in total. The van der Waals surface area contributed by atoms with Crippen molar-refractivity contribution in [3.05, 3.63) is 224 Å². The Labute approximate surface area is 326 Å². The van der Waals surface area contributed by atoms with E-state index in [4.69, 9.17) is 4.42 Å². The van der Waals surface area contributed by atoms with E-state index in [0.29, 0.717) is 0 Å². The maximum absolute atomic E-state index is 6.50. The van der Waals surface area contributed by atoms with Crippen LogP contribution in [-0.2, 0) is 0 Å². The van der Waals surface area contributed by atoms with Crippen molar-refractivity contribution >= 4 is 61.7 Å². The maximum atomic E-state index is 6.50. The second-order valence-electron chi connectivity index (χ2n) is 14.1. The molecule has 264 valence electrons. The van der Waals surface area contributed by atoms with Gasteiger partial charge in [0.1, 0.15) is 11.3 Å². The Kier molecular flexibility index (Phi) is 8.55. The molecule has 0 bridgehead atoms. The average Bonchev–Trinajstić information content (AvgIpc) is 3.65. The highest BCUT2D eigenvalue weighted by atomic mass is 16.3. The lowest BCUT2D eigenvalue weighted by atomic mass is 9.97. The molecule has 0 amide bonds. The summed E-state index contributed by atoms with van der Waals surface area (Å²) in [5.74, 6) is 0.832. The van der Waals surface area contributed by atoms with Crippen LogP contribution in [0, 0.1) is 0 Å². The Balaban J connectivity index is 1.06. The van der Waals surface area contributed by atoms with E-state index in [1.54, 1.807) is 0 Å². The summed E-state index contributed by atoms with van der Waals surface area (Å²) in [6, 6.07) is 75.6. The minimum absolute atomic E-state index is 0.832. The average molecular weight is 716 g/mol. The molecule has 0 aliphatic rings. The fraction of sp³-hybridized carbons (Fsp3) is 0. The van der Waals surface area contributed by atoms with E-state index in [1.165, 1.54) is 43.8 Å². The highest BCUT2D eigenvalue weighted by Crippen LogP contribution is 2.41. The van der Waals surface area contributed by atoms with Gasteiger partial charge in [0.15, 0.2) is 0 Å². The van der Waals surface area contributed by atoms with Gasteiger partial charge in [0.2, 0.25) is 0 Å². The van der Waals surface area contributed by atoms with E-state index in [9.17, 15) is 0 Å². The highest BCUT2D eigenvalue weighted by molar-refractivity contribution is 6.08. The molecule has 1 aromatic heterocycles. The molecule has 10 aromatic rings. The maximum Gasteiger partial charge on any atom is 0.136 e. The predicted molar refractivity (Wildman–Crippen MR) is 238 cm³/mol. The quantitative estimate of drug-likeness (QED) is 0.146. The third-order valence-electron chi connectivity index (χ3n) is 10.7. The van der Waals surface area contributed by atoms with Gasteiger partial charge >= 0.3 is 0 Å². The second-order valence-corrected chi connectivity index (χ2v) is 14.1. The fourth-order valence-electron chi connectivity index (χ4n) is 7.94. The summed E-state index contributed by atoms with van der Waals surface area (Å²) in [5.41, 5.74) is 12.1. The van der Waals surface area contributed by atoms with Crippen molar-refractivity contribution in [3.63, 3.8) is 0 Å². The van der Waals surface area contributed by atoms with E-state index in [0.717, 1.165) is 50.5 Å². The normalized spacial score (nSPS) is 11.5. The first kappa shape index (κ1) is 33.2. The summed E-state index contributed by atoms with van der Waals surface area (Å²) in [5, 5.41) is 6.16. The lowest BCUT2D eigenvalue weighted by molar-refractivity contribution is 0.606. The van der Waals surface area contributed by atoms with E-state index < -0.39 is 0 Å². The molecule has 0 spiro atoms. The van der Waals surface area contributed by atoms with E-state index in [1.807, 2.05) is 12.1 Å². The first-order valence-corrected chi connectivity index (χ1v) is 19.1. The van der Waals surface area contributed by atoms with Gasteiger partial charge in [0.25, 0.3) is 0 Å². The van der Waals surface area contributed by atoms with Crippen molar-refractivity contribution < 1.29 is 4.42 Å². The number of benzene rings is 9. The number of hydrogen-bond acceptors (Lipinski definition) is 2. The largest absolute Gasteiger partial charge is 0.456 e. The molecule has 0 aliphatic carbocycles. The van der Waals surface area contributed by atoms with E-state index >= 15 is 0 Å². The molecule has 0 aliphatic heterocycles. The molecule has 0 N–H and O–H groups in total. The number of fused-ring (bicyclic) bond motifs is 4. The lowest BCUT2D eigenvalue weighted by Crippen LogP contribution is -2.11. The second kappa shape index (κ2) is 14.4. The van der Waals surface area contributed by atoms with Crippen LogP contribution in [0.25, 0.3) is 78.0 Å². The molecule has 2 heteroatoms. The number of para-hydroxylation sites is 2. The zero-order valence-electron chi connectivity index (χ0n) is 30.7. The predicted octanol–water partition coefficient (Wildman–Crippen LogP) is 15.4. The van der Waals surface area contributed by atoms with Crippen molar-refractivity contribution in [1.82, 2.24) is 0 Å². The van der Waals surface area contributed by atoms with E-state index in [-0.39, 0.29) is 0 Å². The summed E-state index contributed by atoms with van der Waals surface area (Å²) in [4.78, 5) is 2.35. The molecule has 0 saturated heterocycles. The molecule has 0 radical (unpaired) electrons. The Morgan fingerprint density at radius 2 is 0.893 bits per heavy atom. The zero-order chi connectivity index (χ0) is 37.3. The van der Waals surface area contributed by atoms with Gasteiger partial charge in [-0.05, 0) is 110 Å². The number of furan rings is 1. The van der Waals surface area contributed by atoms with Gasteiger partial charge in [0.05, 0.1) is 5.69 Å². The number of rotatable bonds is 8. The van der Waals surface area contributed by atoms with Crippen LogP contribution in [0.3, 0.4) is 0 Å².